The second-order valence-corrected chi connectivity index (χ2v) is 5.02. The van der Waals surface area contributed by atoms with Crippen molar-refractivity contribution >= 4 is 23.2 Å². The van der Waals surface area contributed by atoms with E-state index in [9.17, 15) is 14.7 Å². The van der Waals surface area contributed by atoms with Gasteiger partial charge in [-0.15, -0.1) is 0 Å². The second-order valence-electron chi connectivity index (χ2n) is 5.02. The number of carbonyl (C=O) groups is 2. The number of benzene rings is 1. The van der Waals surface area contributed by atoms with Crippen molar-refractivity contribution < 1.29 is 19.8 Å². The number of amides is 2. The first-order chi connectivity index (χ1) is 11.5. The molecule has 2 amide bonds. The van der Waals surface area contributed by atoms with Gasteiger partial charge in [0.2, 0.25) is 0 Å². The van der Waals surface area contributed by atoms with Crippen LogP contribution >= 0.6 is 0 Å². The zero-order chi connectivity index (χ0) is 17.5. The molecule has 8 nitrogen and oxygen atoms in total. The monoisotopic (exact) mass is 330 g/mol. The summed E-state index contributed by atoms with van der Waals surface area (Å²) in [5, 5.41) is 23.0. The molecule has 1 heterocycles. The minimum Gasteiger partial charge on any atom is -0.397 e. The zero-order valence-corrected chi connectivity index (χ0v) is 12.8. The molecule has 126 valence electrons. The molecule has 24 heavy (non-hydrogen) atoms. The smallest absolute Gasteiger partial charge is 0.274 e. The minimum absolute atomic E-state index is 0.0785. The van der Waals surface area contributed by atoms with Gasteiger partial charge in [0.05, 0.1) is 29.6 Å². The normalized spacial score (nSPS) is 11.6. The highest BCUT2D eigenvalue weighted by atomic mass is 16.3. The molecule has 0 radical (unpaired) electrons. The van der Waals surface area contributed by atoms with Gasteiger partial charge in [-0.05, 0) is 24.3 Å². The van der Waals surface area contributed by atoms with E-state index >= 15 is 0 Å². The van der Waals surface area contributed by atoms with Gasteiger partial charge >= 0.3 is 0 Å². The molecule has 0 fully saturated rings. The largest absolute Gasteiger partial charge is 0.397 e. The van der Waals surface area contributed by atoms with E-state index < -0.39 is 24.5 Å². The number of para-hydroxylation sites is 2. The molecule has 0 saturated heterocycles. The van der Waals surface area contributed by atoms with Crippen LogP contribution in [-0.2, 0) is 0 Å². The first kappa shape index (κ1) is 17.4. The predicted octanol–water partition coefficient (Wildman–Crippen LogP) is -0.000900. The van der Waals surface area contributed by atoms with Gasteiger partial charge in [0, 0.05) is 12.7 Å². The Kier molecular flexibility index (Phi) is 5.83. The average molecular weight is 330 g/mol. The van der Waals surface area contributed by atoms with E-state index in [0.29, 0.717) is 11.4 Å². The van der Waals surface area contributed by atoms with Crippen molar-refractivity contribution in [3.05, 3.63) is 53.9 Å². The number of rotatable bonds is 6. The van der Waals surface area contributed by atoms with Crippen LogP contribution in [-0.4, -0.2) is 46.3 Å². The molecule has 0 bridgehead atoms. The summed E-state index contributed by atoms with van der Waals surface area (Å²) in [6, 6.07) is 9.68. The summed E-state index contributed by atoms with van der Waals surface area (Å²) in [6.07, 6.45) is 0.229. The molecule has 2 rings (SSSR count). The Morgan fingerprint density at radius 1 is 1.17 bits per heavy atom. The van der Waals surface area contributed by atoms with E-state index in [-0.39, 0.29) is 17.8 Å². The average Bonchev–Trinajstić information content (AvgIpc) is 2.61. The van der Waals surface area contributed by atoms with E-state index in [2.05, 4.69) is 15.6 Å². The topological polar surface area (TPSA) is 138 Å². The van der Waals surface area contributed by atoms with E-state index in [1.54, 1.807) is 24.3 Å². The molecule has 6 N–H and O–H groups in total. The summed E-state index contributed by atoms with van der Waals surface area (Å²) in [4.78, 5) is 27.9. The Labute approximate surface area is 138 Å². The van der Waals surface area contributed by atoms with Crippen LogP contribution in [0, 0.1) is 0 Å². The number of nitrogens with two attached hydrogens (primary N) is 1. The van der Waals surface area contributed by atoms with Crippen molar-refractivity contribution in [2.45, 2.75) is 6.10 Å². The third-order valence-corrected chi connectivity index (χ3v) is 3.18. The lowest BCUT2D eigenvalue weighted by molar-refractivity contribution is 0.0801. The summed E-state index contributed by atoms with van der Waals surface area (Å²) in [5.74, 6) is -0.912. The van der Waals surface area contributed by atoms with Crippen LogP contribution in [0.3, 0.4) is 0 Å². The molecule has 1 aromatic heterocycles. The Hall–Kier alpha value is -2.97. The quantitative estimate of drug-likeness (QED) is 0.473. The lowest BCUT2D eigenvalue weighted by Crippen LogP contribution is -2.34. The summed E-state index contributed by atoms with van der Waals surface area (Å²) in [6.45, 7) is -0.523. The molecule has 8 heteroatoms. The summed E-state index contributed by atoms with van der Waals surface area (Å²) in [5.41, 5.74) is 7.03. The van der Waals surface area contributed by atoms with Gasteiger partial charge in [-0.2, -0.15) is 0 Å². The molecular formula is C16H18N4O4. The SMILES string of the molecule is Nc1ccccc1NC(=O)c1ccc(C(=O)NC[C@@H](O)CO)cn1. The fourth-order valence-corrected chi connectivity index (χ4v) is 1.84. The molecule has 2 aromatic rings. The van der Waals surface area contributed by atoms with Crippen LogP contribution in [0.4, 0.5) is 11.4 Å². The highest BCUT2D eigenvalue weighted by molar-refractivity contribution is 6.04. The highest BCUT2D eigenvalue weighted by Crippen LogP contribution is 2.17. The van der Waals surface area contributed by atoms with Crippen molar-refractivity contribution in [1.29, 1.82) is 0 Å². The number of hydrogen-bond donors (Lipinski definition) is 5. The van der Waals surface area contributed by atoms with Crippen LogP contribution in [0.1, 0.15) is 20.8 Å². The number of pyridine rings is 1. The van der Waals surface area contributed by atoms with Crippen LogP contribution in [0.25, 0.3) is 0 Å². The van der Waals surface area contributed by atoms with Crippen molar-refractivity contribution in [3.8, 4) is 0 Å². The zero-order valence-electron chi connectivity index (χ0n) is 12.8. The number of hydrogen-bond acceptors (Lipinski definition) is 6. The molecular weight excluding hydrogens is 312 g/mol. The Balaban J connectivity index is 1.99. The molecule has 0 aliphatic carbocycles. The predicted molar refractivity (Wildman–Crippen MR) is 88.5 cm³/mol. The van der Waals surface area contributed by atoms with Crippen molar-refractivity contribution in [1.82, 2.24) is 10.3 Å². The third kappa shape index (κ3) is 4.51. The van der Waals surface area contributed by atoms with Crippen molar-refractivity contribution in [2.24, 2.45) is 0 Å². The fraction of sp³-hybridized carbons (Fsp3) is 0.188. The van der Waals surface area contributed by atoms with Gasteiger partial charge in [-0.1, -0.05) is 12.1 Å². The van der Waals surface area contributed by atoms with Gasteiger partial charge in [0.15, 0.2) is 0 Å². The van der Waals surface area contributed by atoms with Crippen LogP contribution in [0.5, 0.6) is 0 Å². The van der Waals surface area contributed by atoms with Crippen LogP contribution < -0.4 is 16.4 Å². The summed E-state index contributed by atoms with van der Waals surface area (Å²) >= 11 is 0. The lowest BCUT2D eigenvalue weighted by atomic mass is 10.2. The van der Waals surface area contributed by atoms with Gasteiger partial charge < -0.3 is 26.6 Å². The fourth-order valence-electron chi connectivity index (χ4n) is 1.84. The van der Waals surface area contributed by atoms with E-state index in [1.165, 1.54) is 18.3 Å². The molecule has 1 aromatic carbocycles. The molecule has 0 aliphatic heterocycles. The van der Waals surface area contributed by atoms with Gasteiger partial charge in [-0.3, -0.25) is 14.6 Å². The number of aliphatic hydroxyl groups is 2. The van der Waals surface area contributed by atoms with Crippen molar-refractivity contribution in [2.75, 3.05) is 24.2 Å². The third-order valence-electron chi connectivity index (χ3n) is 3.18. The number of aromatic nitrogens is 1. The van der Waals surface area contributed by atoms with E-state index in [1.807, 2.05) is 0 Å². The van der Waals surface area contributed by atoms with Gasteiger partial charge in [0.25, 0.3) is 11.8 Å². The maximum Gasteiger partial charge on any atom is 0.274 e. The first-order valence-corrected chi connectivity index (χ1v) is 7.20. The van der Waals surface area contributed by atoms with E-state index in [4.69, 9.17) is 10.8 Å². The van der Waals surface area contributed by atoms with Crippen LogP contribution in [0.15, 0.2) is 42.6 Å². The highest BCUT2D eigenvalue weighted by Gasteiger charge is 2.12. The van der Waals surface area contributed by atoms with Crippen LogP contribution in [0.2, 0.25) is 0 Å². The minimum atomic E-state index is -1.02. The molecule has 0 spiro atoms. The molecule has 0 unspecified atom stereocenters. The number of nitrogens with zero attached hydrogens (tertiary/aromatic N) is 1. The van der Waals surface area contributed by atoms with Gasteiger partial charge in [-0.25, -0.2) is 0 Å². The Morgan fingerprint density at radius 3 is 2.54 bits per heavy atom. The lowest BCUT2D eigenvalue weighted by Gasteiger charge is -2.09. The first-order valence-electron chi connectivity index (χ1n) is 7.20. The number of carbonyl (C=O) groups excluding carboxylic acids is 2. The molecule has 0 saturated carbocycles. The van der Waals surface area contributed by atoms with Gasteiger partial charge in [0.1, 0.15) is 5.69 Å². The second kappa shape index (κ2) is 8.04. The summed E-state index contributed by atoms with van der Waals surface area (Å²) < 4.78 is 0. The van der Waals surface area contributed by atoms with Crippen molar-refractivity contribution in [3.63, 3.8) is 0 Å². The number of nitrogens with one attached hydrogen (secondary N) is 2. The number of nitrogen functional groups attached to an aromatic ring is 1. The molecule has 0 aliphatic rings. The number of anilines is 2. The summed E-state index contributed by atoms with van der Waals surface area (Å²) in [7, 11) is 0. The standard InChI is InChI=1S/C16H18N4O4/c17-12-3-1-2-4-13(12)20-16(24)14-6-5-10(7-18-14)15(23)19-8-11(22)9-21/h1-7,11,21-22H,8-9,17H2,(H,19,23)(H,20,24)/t11-/m1/s1. The number of aliphatic hydroxyl groups excluding tert-OH is 2. The maximum absolute atomic E-state index is 12.1. The molecule has 1 atom stereocenters. The maximum atomic E-state index is 12.1. The Bertz CT molecular complexity index is 718. The van der Waals surface area contributed by atoms with E-state index in [0.717, 1.165) is 0 Å². The Morgan fingerprint density at radius 2 is 1.92 bits per heavy atom.